The van der Waals surface area contributed by atoms with E-state index in [1.807, 2.05) is 0 Å². The maximum Gasteiger partial charge on any atom is 1.00 e. The van der Waals surface area contributed by atoms with Crippen LogP contribution in [0.3, 0.4) is 0 Å². The van der Waals surface area contributed by atoms with Crippen LogP contribution in [-0.2, 0) is 0 Å². The maximum absolute atomic E-state index is 9.36. The first-order chi connectivity index (χ1) is 6.38. The summed E-state index contributed by atoms with van der Waals surface area (Å²) in [7, 11) is 0. The van der Waals surface area contributed by atoms with Gasteiger partial charge in [-0.05, 0) is 12.1 Å². The normalized spacial score (nSPS) is 9.14. The molecule has 2 aromatic rings. The van der Waals surface area contributed by atoms with E-state index in [0.29, 0.717) is 0 Å². The van der Waals surface area contributed by atoms with Crippen molar-refractivity contribution in [1.29, 1.82) is 0 Å². The molecule has 7 heteroatoms. The van der Waals surface area contributed by atoms with Crippen LogP contribution in [0.2, 0.25) is 0 Å². The number of nitrogens with zero attached hydrogens (tertiary/aromatic N) is 5. The molecule has 2 heterocycles. The molecule has 0 saturated heterocycles. The molecule has 1 N–H and O–H groups in total. The zero-order valence-corrected chi connectivity index (χ0v) is 12.3. The van der Waals surface area contributed by atoms with Gasteiger partial charge >= 0.3 is 58.2 Å². The van der Waals surface area contributed by atoms with E-state index in [1.54, 1.807) is 6.07 Å². The van der Waals surface area contributed by atoms with Gasteiger partial charge in [0.1, 0.15) is 5.75 Å². The van der Waals surface area contributed by atoms with Crippen molar-refractivity contribution >= 4 is 0 Å². The fraction of sp³-hybridized carbons (Fsp3) is 0. The Morgan fingerprint density at radius 3 is 2.57 bits per heavy atom. The second kappa shape index (κ2) is 5.55. The first-order valence-electron chi connectivity index (χ1n) is 3.46. The summed E-state index contributed by atoms with van der Waals surface area (Å²) < 4.78 is 0. The van der Waals surface area contributed by atoms with Gasteiger partial charge in [0.2, 0.25) is 5.82 Å². The van der Waals surface area contributed by atoms with E-state index >= 15 is 0 Å². The number of rotatable bonds is 1. The van der Waals surface area contributed by atoms with Gasteiger partial charge in [-0.1, -0.05) is 0 Å². The molecule has 64 valence electrons. The minimum atomic E-state index is -0.00250. The molecule has 2 aromatic heterocycles. The van der Waals surface area contributed by atoms with Crippen molar-refractivity contribution in [3.05, 3.63) is 24.7 Å². The summed E-state index contributed by atoms with van der Waals surface area (Å²) in [6, 6.07) is 3.09. The molecule has 0 aliphatic carbocycles. The summed E-state index contributed by atoms with van der Waals surface area (Å²) >= 11 is 0. The standard InChI is InChI=1S/C7H4N5O.Rb/c13-5-2-1-3-8-6(5)7-11-9-4-10-12-7;/h1-3,13H;/q-1;+1. The van der Waals surface area contributed by atoms with Crippen LogP contribution in [0.25, 0.3) is 11.5 Å². The summed E-state index contributed by atoms with van der Waals surface area (Å²) in [6.07, 6.45) is 3.71. The number of hydrogen-bond donors (Lipinski definition) is 1. The molecule has 0 unspecified atom stereocenters. The maximum atomic E-state index is 9.36. The molecule has 6 nitrogen and oxygen atoms in total. The Hall–Kier alpha value is -0.305. The van der Waals surface area contributed by atoms with E-state index < -0.39 is 0 Å². The van der Waals surface area contributed by atoms with Gasteiger partial charge in [-0.25, -0.2) is 11.3 Å². The third kappa shape index (κ3) is 2.60. The average Bonchev–Trinajstić information content (AvgIpc) is 2.20. The number of pyridine rings is 1. The predicted molar refractivity (Wildman–Crippen MR) is 41.4 cm³/mol. The van der Waals surface area contributed by atoms with Crippen LogP contribution >= 0.6 is 0 Å². The molecule has 14 heavy (non-hydrogen) atoms. The monoisotopic (exact) mass is 259 g/mol. The van der Waals surface area contributed by atoms with Crippen molar-refractivity contribution in [3.63, 3.8) is 0 Å². The number of hydrogen-bond acceptors (Lipinski definition) is 6. The Balaban J connectivity index is 0.000000980. The summed E-state index contributed by atoms with van der Waals surface area (Å²) in [4.78, 5) is 3.88. The second-order valence-electron chi connectivity index (χ2n) is 2.19. The number of aromatic nitrogens is 5. The van der Waals surface area contributed by atoms with E-state index in [9.17, 15) is 5.11 Å². The Labute approximate surface area is 129 Å². The Bertz CT molecular complexity index is 410. The largest absolute Gasteiger partial charge is 1.00 e. The summed E-state index contributed by atoms with van der Waals surface area (Å²) in [5.74, 6) is 0.175. The molecule has 0 atom stereocenters. The van der Waals surface area contributed by atoms with E-state index in [2.05, 4.69) is 31.7 Å². The van der Waals surface area contributed by atoms with Gasteiger partial charge in [-0.2, -0.15) is 10.2 Å². The van der Waals surface area contributed by atoms with Gasteiger partial charge in [0, 0.05) is 6.20 Å². The molecule has 0 spiro atoms. The third-order valence-corrected chi connectivity index (χ3v) is 1.38. The fourth-order valence-electron chi connectivity index (χ4n) is 0.843. The quantitative estimate of drug-likeness (QED) is 0.544. The molecule has 0 radical (unpaired) electrons. The first kappa shape index (κ1) is 11.8. The van der Waals surface area contributed by atoms with Gasteiger partial charge in [0.05, 0.1) is 0 Å². The Kier molecular flexibility index (Phi) is 4.66. The van der Waals surface area contributed by atoms with Crippen molar-refractivity contribution in [1.82, 2.24) is 25.4 Å². The van der Waals surface area contributed by atoms with Gasteiger partial charge in [-0.15, -0.1) is 0 Å². The summed E-state index contributed by atoms with van der Waals surface area (Å²) in [5.41, 5.74) is 0.261. The molecule has 0 aliphatic heterocycles. The average molecular weight is 260 g/mol. The van der Waals surface area contributed by atoms with Crippen LogP contribution in [0, 0.1) is 6.33 Å². The van der Waals surface area contributed by atoms with Crippen LogP contribution in [-0.4, -0.2) is 30.5 Å². The van der Waals surface area contributed by atoms with Crippen molar-refractivity contribution in [2.75, 3.05) is 0 Å². The molecular formula is C7H4N5ORb. The molecule has 0 aliphatic rings. The fourth-order valence-corrected chi connectivity index (χ4v) is 0.843. The topological polar surface area (TPSA) is 84.7 Å². The van der Waals surface area contributed by atoms with Crippen LogP contribution < -0.4 is 58.2 Å². The van der Waals surface area contributed by atoms with Crippen molar-refractivity contribution < 1.29 is 63.3 Å². The molecule has 2 rings (SSSR count). The minimum absolute atomic E-state index is 0. The molecular weight excluding hydrogens is 256 g/mol. The van der Waals surface area contributed by atoms with Crippen molar-refractivity contribution in [3.8, 4) is 17.3 Å². The third-order valence-electron chi connectivity index (χ3n) is 1.38. The van der Waals surface area contributed by atoms with E-state index in [-0.39, 0.29) is 75.5 Å². The zero-order chi connectivity index (χ0) is 9.10. The zero-order valence-electron chi connectivity index (χ0n) is 7.42. The predicted octanol–water partition coefficient (Wildman–Crippen LogP) is -3.16. The number of aromatic hydroxyl groups is 1. The molecule has 0 aromatic carbocycles. The van der Waals surface area contributed by atoms with Crippen LogP contribution in [0.4, 0.5) is 0 Å². The van der Waals surface area contributed by atoms with Crippen LogP contribution in [0.15, 0.2) is 18.3 Å². The molecule has 0 bridgehead atoms. The smallest absolute Gasteiger partial charge is 0.506 e. The van der Waals surface area contributed by atoms with Crippen LogP contribution in [0.1, 0.15) is 0 Å². The second-order valence-corrected chi connectivity index (χ2v) is 2.19. The molecule has 0 saturated carbocycles. The van der Waals surface area contributed by atoms with Gasteiger partial charge in [0.15, 0.2) is 5.69 Å². The van der Waals surface area contributed by atoms with Gasteiger partial charge in [0.25, 0.3) is 0 Å². The SMILES string of the molecule is Oc1cccnc1-c1nn[c-]nn1.[Rb+]. The summed E-state index contributed by atoms with van der Waals surface area (Å²) in [5, 5.41) is 23.4. The summed E-state index contributed by atoms with van der Waals surface area (Å²) in [6.45, 7) is 0. The Morgan fingerprint density at radius 2 is 1.93 bits per heavy atom. The minimum Gasteiger partial charge on any atom is -0.506 e. The van der Waals surface area contributed by atoms with Gasteiger partial charge < -0.3 is 15.3 Å². The van der Waals surface area contributed by atoms with E-state index in [4.69, 9.17) is 0 Å². The van der Waals surface area contributed by atoms with E-state index in [1.165, 1.54) is 12.3 Å². The van der Waals surface area contributed by atoms with Gasteiger partial charge in [-0.3, -0.25) is 0 Å². The van der Waals surface area contributed by atoms with Crippen molar-refractivity contribution in [2.45, 2.75) is 0 Å². The molecule has 0 amide bonds. The first-order valence-corrected chi connectivity index (χ1v) is 3.46. The van der Waals surface area contributed by atoms with Crippen LogP contribution in [0.5, 0.6) is 5.75 Å². The molecule has 0 fully saturated rings. The Morgan fingerprint density at radius 1 is 1.21 bits per heavy atom. The van der Waals surface area contributed by atoms with E-state index in [0.717, 1.165) is 0 Å². The van der Waals surface area contributed by atoms with Crippen molar-refractivity contribution in [2.24, 2.45) is 0 Å².